The number of esters is 1. The van der Waals surface area contributed by atoms with E-state index in [1.165, 1.54) is 20.8 Å². The zero-order valence-corrected chi connectivity index (χ0v) is 23.5. The molecule has 1 saturated heterocycles. The van der Waals surface area contributed by atoms with Crippen molar-refractivity contribution in [3.8, 4) is 0 Å². The second-order valence-corrected chi connectivity index (χ2v) is 9.73. The number of nitrogens with one attached hydrogen (secondary N) is 3. The van der Waals surface area contributed by atoms with E-state index in [1.54, 1.807) is 0 Å². The van der Waals surface area contributed by atoms with Crippen molar-refractivity contribution < 1.29 is 53.5 Å². The molecule has 230 valence electrons. The summed E-state index contributed by atoms with van der Waals surface area (Å²) >= 11 is 0. The van der Waals surface area contributed by atoms with Gasteiger partial charge in [-0.15, -0.1) is 0 Å². The minimum absolute atomic E-state index is 0.0877. The van der Waals surface area contributed by atoms with E-state index in [2.05, 4.69) is 16.0 Å². The number of aliphatic hydroxyl groups is 3. The van der Waals surface area contributed by atoms with Crippen molar-refractivity contribution in [1.29, 1.82) is 0 Å². The third-order valence-corrected chi connectivity index (χ3v) is 6.25. The lowest BCUT2D eigenvalue weighted by molar-refractivity contribution is -0.266. The number of hydrogen-bond donors (Lipinski definition) is 7. The number of carbonyl (C=O) groups is 5. The van der Waals surface area contributed by atoms with Crippen LogP contribution in [0.2, 0.25) is 0 Å². The number of primary amides is 1. The van der Waals surface area contributed by atoms with Crippen LogP contribution in [0.5, 0.6) is 0 Å². The maximum atomic E-state index is 12.8. The molecule has 4 amide bonds. The van der Waals surface area contributed by atoms with E-state index in [0.29, 0.717) is 6.42 Å². The first-order chi connectivity index (χ1) is 18.8. The van der Waals surface area contributed by atoms with E-state index < -0.39 is 85.0 Å². The highest BCUT2D eigenvalue weighted by Gasteiger charge is 2.47. The zero-order valence-electron chi connectivity index (χ0n) is 23.5. The maximum Gasteiger partial charge on any atom is 0.328 e. The van der Waals surface area contributed by atoms with Crippen molar-refractivity contribution in [2.75, 3.05) is 13.2 Å². The Morgan fingerprint density at radius 3 is 2.27 bits per heavy atom. The average molecular weight is 577 g/mol. The summed E-state index contributed by atoms with van der Waals surface area (Å²) in [4.78, 5) is 60.9. The second-order valence-electron chi connectivity index (χ2n) is 9.73. The molecule has 0 saturated carbocycles. The minimum Gasteiger partial charge on any atom is -0.464 e. The van der Waals surface area contributed by atoms with Gasteiger partial charge in [-0.2, -0.15) is 0 Å². The van der Waals surface area contributed by atoms with Crippen LogP contribution >= 0.6 is 0 Å². The van der Waals surface area contributed by atoms with Crippen LogP contribution in [0.3, 0.4) is 0 Å². The van der Waals surface area contributed by atoms with E-state index in [-0.39, 0.29) is 19.4 Å². The molecular formula is C25H44N4O11. The molecule has 8 N–H and O–H groups in total. The summed E-state index contributed by atoms with van der Waals surface area (Å²) in [5.74, 6) is -3.48. The van der Waals surface area contributed by atoms with Crippen LogP contribution in [-0.4, -0.2) is 107 Å². The Labute approximate surface area is 233 Å². The first kappa shape index (κ1) is 35.2. The number of carbonyl (C=O) groups excluding carboxylic acids is 5. The van der Waals surface area contributed by atoms with Gasteiger partial charge in [0.15, 0.2) is 6.29 Å². The van der Waals surface area contributed by atoms with Gasteiger partial charge in [0.1, 0.15) is 42.5 Å². The van der Waals surface area contributed by atoms with Gasteiger partial charge in [0, 0.05) is 13.3 Å². The first-order valence-corrected chi connectivity index (χ1v) is 13.4. The van der Waals surface area contributed by atoms with Gasteiger partial charge in [0.25, 0.3) is 0 Å². The highest BCUT2D eigenvalue weighted by Crippen LogP contribution is 2.23. The third kappa shape index (κ3) is 11.7. The van der Waals surface area contributed by atoms with Gasteiger partial charge >= 0.3 is 5.97 Å². The average Bonchev–Trinajstić information content (AvgIpc) is 2.89. The molecule has 0 aliphatic carbocycles. The Bertz CT molecular complexity index is 859. The Balaban J connectivity index is 2.80. The van der Waals surface area contributed by atoms with Gasteiger partial charge in [0.05, 0.1) is 13.2 Å². The molecule has 0 aromatic heterocycles. The predicted octanol–water partition coefficient (Wildman–Crippen LogP) is -2.29. The molecule has 1 rings (SSSR count). The lowest BCUT2D eigenvalue weighted by Crippen LogP contribution is -2.65. The van der Waals surface area contributed by atoms with Crippen LogP contribution in [-0.2, 0) is 38.2 Å². The Hall–Kier alpha value is -2.85. The van der Waals surface area contributed by atoms with Crippen LogP contribution in [0, 0.1) is 0 Å². The van der Waals surface area contributed by atoms with Gasteiger partial charge in [-0.3, -0.25) is 19.2 Å². The Morgan fingerprint density at radius 2 is 1.70 bits per heavy atom. The van der Waals surface area contributed by atoms with Crippen LogP contribution in [0.15, 0.2) is 0 Å². The van der Waals surface area contributed by atoms with Crippen molar-refractivity contribution in [3.63, 3.8) is 0 Å². The molecule has 0 aromatic rings. The van der Waals surface area contributed by atoms with Crippen molar-refractivity contribution in [2.24, 2.45) is 5.73 Å². The molecule has 0 spiro atoms. The monoisotopic (exact) mass is 576 g/mol. The van der Waals surface area contributed by atoms with Crippen molar-refractivity contribution >= 4 is 29.6 Å². The van der Waals surface area contributed by atoms with Crippen molar-refractivity contribution in [2.45, 2.75) is 115 Å². The Morgan fingerprint density at radius 1 is 1.02 bits per heavy atom. The van der Waals surface area contributed by atoms with Crippen molar-refractivity contribution in [1.82, 2.24) is 16.0 Å². The second kappa shape index (κ2) is 17.8. The molecule has 0 bridgehead atoms. The highest BCUT2D eigenvalue weighted by molar-refractivity contribution is 5.91. The maximum absolute atomic E-state index is 12.8. The summed E-state index contributed by atoms with van der Waals surface area (Å²) in [5.41, 5.74) is 5.18. The molecular weight excluding hydrogens is 532 g/mol. The minimum atomic E-state index is -1.64. The third-order valence-electron chi connectivity index (χ3n) is 6.25. The molecule has 1 aliphatic heterocycles. The number of hydrogen-bond acceptors (Lipinski definition) is 11. The topological polar surface area (TPSA) is 236 Å². The largest absolute Gasteiger partial charge is 0.464 e. The summed E-state index contributed by atoms with van der Waals surface area (Å²) in [6.07, 6.45) is -3.78. The van der Waals surface area contributed by atoms with Crippen LogP contribution in [0.25, 0.3) is 0 Å². The lowest BCUT2D eigenvalue weighted by Gasteiger charge is -2.43. The number of amides is 4. The molecule has 1 aliphatic rings. The smallest absolute Gasteiger partial charge is 0.328 e. The molecule has 1 fully saturated rings. The van der Waals surface area contributed by atoms with Gasteiger partial charge in [-0.05, 0) is 26.7 Å². The van der Waals surface area contributed by atoms with Gasteiger partial charge < -0.3 is 51.2 Å². The fraction of sp³-hybridized carbons (Fsp3) is 0.800. The number of ether oxygens (including phenoxy) is 3. The van der Waals surface area contributed by atoms with Crippen LogP contribution in [0.1, 0.15) is 66.2 Å². The van der Waals surface area contributed by atoms with Gasteiger partial charge in [-0.25, -0.2) is 4.79 Å². The zero-order chi connectivity index (χ0) is 30.4. The fourth-order valence-electron chi connectivity index (χ4n) is 3.96. The predicted molar refractivity (Wildman–Crippen MR) is 139 cm³/mol. The highest BCUT2D eigenvalue weighted by atomic mass is 16.6. The molecule has 1 heterocycles. The molecule has 8 atom stereocenters. The number of aliphatic hydroxyl groups excluding tert-OH is 3. The summed E-state index contributed by atoms with van der Waals surface area (Å²) in [5, 5.41) is 37.4. The van der Waals surface area contributed by atoms with E-state index in [0.717, 1.165) is 19.3 Å². The molecule has 15 nitrogen and oxygen atoms in total. The molecule has 0 aromatic carbocycles. The SMILES string of the molecule is CCCCCCOC(=O)[C@H](CCC(N)=O)NC(=O)[C@H](C)NC(=O)[C@@H](C)OC1C(O)C(CO)OC(O)C1NC(C)=O. The van der Waals surface area contributed by atoms with E-state index in [4.69, 9.17) is 19.9 Å². The van der Waals surface area contributed by atoms with Crippen LogP contribution in [0.4, 0.5) is 0 Å². The van der Waals surface area contributed by atoms with E-state index in [9.17, 15) is 39.3 Å². The first-order valence-electron chi connectivity index (χ1n) is 13.4. The molecule has 5 unspecified atom stereocenters. The normalized spacial score (nSPS) is 24.7. The van der Waals surface area contributed by atoms with E-state index >= 15 is 0 Å². The lowest BCUT2D eigenvalue weighted by atomic mass is 9.96. The summed E-state index contributed by atoms with van der Waals surface area (Å²) in [6.45, 7) is 5.38. The fourth-order valence-corrected chi connectivity index (χ4v) is 3.96. The summed E-state index contributed by atoms with van der Waals surface area (Å²) in [6, 6.07) is -3.58. The Kier molecular flexibility index (Phi) is 15.6. The van der Waals surface area contributed by atoms with E-state index in [1.807, 2.05) is 6.92 Å². The number of rotatable bonds is 17. The van der Waals surface area contributed by atoms with Gasteiger partial charge in [-0.1, -0.05) is 26.2 Å². The summed E-state index contributed by atoms with van der Waals surface area (Å²) in [7, 11) is 0. The molecule has 0 radical (unpaired) electrons. The summed E-state index contributed by atoms with van der Waals surface area (Å²) < 4.78 is 16.0. The number of unbranched alkanes of at least 4 members (excludes halogenated alkanes) is 3. The molecule has 15 heteroatoms. The quantitative estimate of drug-likeness (QED) is 0.0719. The number of nitrogens with two attached hydrogens (primary N) is 1. The van der Waals surface area contributed by atoms with Crippen LogP contribution < -0.4 is 21.7 Å². The standard InChI is InChI=1S/C25H44N4O11/c1-5-6-7-8-11-38-24(36)16(9-10-18(26)32)29-22(34)13(2)27-23(35)14(3)39-21-19(28-15(4)31)25(37)40-17(12-30)20(21)33/h13-14,16-17,19-21,25,30,33,37H,5-12H2,1-4H3,(H2,26,32)(H,27,35)(H,28,31)(H,29,34)/t13-,14+,16-,17?,19?,20?,21?,25?/m0/s1. The van der Waals surface area contributed by atoms with Gasteiger partial charge in [0.2, 0.25) is 23.6 Å². The molecule has 40 heavy (non-hydrogen) atoms. The van der Waals surface area contributed by atoms with Crippen molar-refractivity contribution in [3.05, 3.63) is 0 Å².